The number of tetrazole rings is 1. The number of alkyl halides is 3. The fourth-order valence-corrected chi connectivity index (χ4v) is 2.89. The fourth-order valence-electron chi connectivity index (χ4n) is 2.10. The molecule has 2 heterocycles. The lowest BCUT2D eigenvalue weighted by molar-refractivity contribution is -0.274. The van der Waals surface area contributed by atoms with Gasteiger partial charge in [0.15, 0.2) is 5.78 Å². The van der Waals surface area contributed by atoms with Crippen LogP contribution in [0.1, 0.15) is 10.4 Å². The minimum absolute atomic E-state index is 0.0842. The van der Waals surface area contributed by atoms with Crippen LogP contribution in [0.4, 0.5) is 13.2 Å². The Morgan fingerprint density at radius 3 is 2.58 bits per heavy atom. The summed E-state index contributed by atoms with van der Waals surface area (Å²) < 4.78 is 43.5. The number of Topliss-reactive ketones (excluding diaryl/α,β-unsaturated/α-hetero) is 1. The summed E-state index contributed by atoms with van der Waals surface area (Å²) in [5, 5.41) is 11.5. The average Bonchev–Trinajstić information content (AvgIpc) is 3.21. The van der Waals surface area contributed by atoms with Crippen LogP contribution in [0.3, 0.4) is 0 Å². The summed E-state index contributed by atoms with van der Waals surface area (Å²) in [5.41, 5.74) is 1.02. The maximum atomic E-state index is 12.2. The van der Waals surface area contributed by atoms with Crippen molar-refractivity contribution < 1.29 is 22.7 Å². The van der Waals surface area contributed by atoms with E-state index >= 15 is 0 Å². The van der Waals surface area contributed by atoms with Gasteiger partial charge in [-0.25, -0.2) is 0 Å². The molecule has 1 aromatic carbocycles. The van der Waals surface area contributed by atoms with Gasteiger partial charge in [0, 0.05) is 25.0 Å². The van der Waals surface area contributed by atoms with E-state index < -0.39 is 6.36 Å². The molecule has 7 nitrogen and oxygen atoms in total. The molecule has 3 rings (SSSR count). The molecule has 11 heteroatoms. The summed E-state index contributed by atoms with van der Waals surface area (Å²) in [6.45, 7) is 0. The Kier molecular flexibility index (Phi) is 4.98. The van der Waals surface area contributed by atoms with Crippen LogP contribution in [0.15, 0.2) is 47.9 Å². The summed E-state index contributed by atoms with van der Waals surface area (Å²) in [7, 11) is 1.82. The zero-order valence-electron chi connectivity index (χ0n) is 13.3. The fraction of sp³-hybridized carbons (Fsp3) is 0.200. The van der Waals surface area contributed by atoms with E-state index in [-0.39, 0.29) is 17.3 Å². The highest BCUT2D eigenvalue weighted by Gasteiger charge is 2.31. The molecule has 0 N–H and O–H groups in total. The van der Waals surface area contributed by atoms with Gasteiger partial charge in [-0.1, -0.05) is 11.8 Å². The van der Waals surface area contributed by atoms with Crippen LogP contribution in [-0.2, 0) is 7.05 Å². The number of halogens is 3. The van der Waals surface area contributed by atoms with E-state index in [1.54, 1.807) is 23.0 Å². The third kappa shape index (κ3) is 4.42. The number of benzene rings is 1. The molecule has 0 spiro atoms. The summed E-state index contributed by atoms with van der Waals surface area (Å²) in [6, 6.07) is 6.81. The number of carbonyl (C=O) groups excluding carboxylic acids is 1. The molecule has 2 aromatic heterocycles. The van der Waals surface area contributed by atoms with E-state index in [1.807, 2.05) is 7.05 Å². The summed E-state index contributed by atoms with van der Waals surface area (Å²) in [5.74, 6) is -0.304. The molecule has 0 amide bonds. The average molecular weight is 383 g/mol. The van der Waals surface area contributed by atoms with E-state index in [0.717, 1.165) is 23.9 Å². The number of hydrogen-bond donors (Lipinski definition) is 0. The molecule has 0 saturated heterocycles. The number of rotatable bonds is 6. The van der Waals surface area contributed by atoms with E-state index in [4.69, 9.17) is 0 Å². The smallest absolute Gasteiger partial charge is 0.406 e. The Labute approximate surface area is 149 Å². The van der Waals surface area contributed by atoms with Crippen LogP contribution < -0.4 is 4.74 Å². The van der Waals surface area contributed by atoms with Crippen molar-refractivity contribution in [2.75, 3.05) is 5.75 Å². The van der Waals surface area contributed by atoms with Crippen molar-refractivity contribution in [1.82, 2.24) is 24.8 Å². The molecule has 0 radical (unpaired) electrons. The molecular formula is C15H12F3N5O2S. The number of ether oxygens (including phenoxy) is 1. The van der Waals surface area contributed by atoms with Gasteiger partial charge in [0.25, 0.3) is 0 Å². The van der Waals surface area contributed by atoms with Gasteiger partial charge in [-0.3, -0.25) is 4.79 Å². The second-order valence-electron chi connectivity index (χ2n) is 5.19. The number of hydrogen-bond acceptors (Lipinski definition) is 6. The predicted octanol–water partition coefficient (Wildman–Crippen LogP) is 2.87. The van der Waals surface area contributed by atoms with Crippen molar-refractivity contribution in [2.24, 2.45) is 7.05 Å². The largest absolute Gasteiger partial charge is 0.573 e. The first-order valence-electron chi connectivity index (χ1n) is 7.24. The second kappa shape index (κ2) is 7.20. The van der Waals surface area contributed by atoms with Crippen molar-refractivity contribution in [1.29, 1.82) is 0 Å². The normalized spacial score (nSPS) is 11.5. The predicted molar refractivity (Wildman–Crippen MR) is 86.3 cm³/mol. The maximum Gasteiger partial charge on any atom is 0.573 e. The van der Waals surface area contributed by atoms with Crippen molar-refractivity contribution in [3.8, 4) is 11.4 Å². The minimum Gasteiger partial charge on any atom is -0.406 e. The van der Waals surface area contributed by atoms with E-state index in [1.165, 1.54) is 16.8 Å². The first kappa shape index (κ1) is 18.0. The number of aryl methyl sites for hydroxylation is 1. The molecular weight excluding hydrogens is 371 g/mol. The Bertz CT molecular complexity index is 905. The lowest BCUT2D eigenvalue weighted by atomic mass is 10.2. The minimum atomic E-state index is -4.75. The number of nitrogens with zero attached hydrogens (tertiary/aromatic N) is 5. The standard InChI is InChI=1S/C15H12F3N5O2S/c1-22-7-6-10(8-22)13(24)9-26-14-19-20-21-23(14)11-2-4-12(5-3-11)25-15(16,17)18/h2-8H,9H2,1H3. The van der Waals surface area contributed by atoms with Gasteiger partial charge in [-0.2, -0.15) is 4.68 Å². The van der Waals surface area contributed by atoms with Gasteiger partial charge < -0.3 is 9.30 Å². The van der Waals surface area contributed by atoms with Gasteiger partial charge >= 0.3 is 6.36 Å². The van der Waals surface area contributed by atoms with Crippen molar-refractivity contribution in [2.45, 2.75) is 11.5 Å². The van der Waals surface area contributed by atoms with Crippen LogP contribution in [0.2, 0.25) is 0 Å². The Morgan fingerprint density at radius 1 is 1.23 bits per heavy atom. The summed E-state index contributed by atoms with van der Waals surface area (Å²) in [6.07, 6.45) is -1.27. The lowest BCUT2D eigenvalue weighted by Gasteiger charge is -2.09. The highest BCUT2D eigenvalue weighted by atomic mass is 32.2. The molecule has 0 atom stereocenters. The van der Waals surface area contributed by atoms with Gasteiger partial charge in [0.2, 0.25) is 5.16 Å². The highest BCUT2D eigenvalue weighted by Crippen LogP contribution is 2.25. The van der Waals surface area contributed by atoms with Crippen LogP contribution in [0.5, 0.6) is 5.75 Å². The summed E-state index contributed by atoms with van der Waals surface area (Å²) in [4.78, 5) is 12.1. The zero-order chi connectivity index (χ0) is 18.7. The van der Waals surface area contributed by atoms with Crippen LogP contribution >= 0.6 is 11.8 Å². The molecule has 0 aliphatic rings. The van der Waals surface area contributed by atoms with Gasteiger partial charge in [0.1, 0.15) is 5.75 Å². The molecule has 3 aromatic rings. The topological polar surface area (TPSA) is 74.8 Å². The third-order valence-electron chi connectivity index (χ3n) is 3.24. The molecule has 0 fully saturated rings. The first-order chi connectivity index (χ1) is 12.3. The third-order valence-corrected chi connectivity index (χ3v) is 4.16. The highest BCUT2D eigenvalue weighted by molar-refractivity contribution is 7.99. The van der Waals surface area contributed by atoms with E-state index in [2.05, 4.69) is 20.3 Å². The molecule has 0 unspecified atom stereocenters. The molecule has 0 bridgehead atoms. The molecule has 136 valence electrons. The van der Waals surface area contributed by atoms with Gasteiger partial charge in [-0.15, -0.1) is 18.3 Å². The maximum absolute atomic E-state index is 12.2. The van der Waals surface area contributed by atoms with Crippen molar-refractivity contribution >= 4 is 17.5 Å². The zero-order valence-corrected chi connectivity index (χ0v) is 14.2. The van der Waals surface area contributed by atoms with Crippen LogP contribution in [-0.4, -0.2) is 42.7 Å². The molecule has 26 heavy (non-hydrogen) atoms. The molecule has 0 aliphatic heterocycles. The van der Waals surface area contributed by atoms with Crippen LogP contribution in [0, 0.1) is 0 Å². The van der Waals surface area contributed by atoms with Crippen molar-refractivity contribution in [3.05, 3.63) is 48.3 Å². The second-order valence-corrected chi connectivity index (χ2v) is 6.13. The number of carbonyl (C=O) groups is 1. The van der Waals surface area contributed by atoms with Gasteiger partial charge in [0.05, 0.1) is 11.4 Å². The molecule has 0 aliphatic carbocycles. The summed E-state index contributed by atoms with van der Waals surface area (Å²) >= 11 is 1.13. The number of thioether (sulfide) groups is 1. The van der Waals surface area contributed by atoms with Crippen LogP contribution in [0.25, 0.3) is 5.69 Å². The Hall–Kier alpha value is -2.82. The Balaban J connectivity index is 1.69. The Morgan fingerprint density at radius 2 is 1.96 bits per heavy atom. The molecule has 0 saturated carbocycles. The SMILES string of the molecule is Cn1ccc(C(=O)CSc2nnnn2-c2ccc(OC(F)(F)F)cc2)c1. The first-order valence-corrected chi connectivity index (χ1v) is 8.23. The lowest BCUT2D eigenvalue weighted by Crippen LogP contribution is -2.17. The van der Waals surface area contributed by atoms with E-state index in [0.29, 0.717) is 16.4 Å². The van der Waals surface area contributed by atoms with Gasteiger partial charge in [-0.05, 0) is 40.8 Å². The quantitative estimate of drug-likeness (QED) is 0.481. The van der Waals surface area contributed by atoms with E-state index in [9.17, 15) is 18.0 Å². The number of ketones is 1. The van der Waals surface area contributed by atoms with Crippen molar-refractivity contribution in [3.63, 3.8) is 0 Å². The monoisotopic (exact) mass is 383 g/mol. The number of aromatic nitrogens is 5.